The molecule has 1 N–H and O–H groups in total. The van der Waals surface area contributed by atoms with Crippen LogP contribution < -0.4 is 0 Å². The SMILES string of the molecule is CSC(=N)Br. The second-order valence-corrected chi connectivity index (χ2v) is 2.61. The number of hydrogen-bond donors (Lipinski definition) is 1. The van der Waals surface area contributed by atoms with E-state index in [4.69, 9.17) is 5.41 Å². The van der Waals surface area contributed by atoms with E-state index in [2.05, 4.69) is 15.9 Å². The average Bonchev–Trinajstić information content (AvgIpc) is 1.38. The number of halogens is 1. The molecule has 0 saturated heterocycles. The Kier molecular flexibility index (Phi) is 2.99. The third-order valence-corrected chi connectivity index (χ3v) is 1.51. The van der Waals surface area contributed by atoms with Crippen LogP contribution in [0.3, 0.4) is 0 Å². The minimum Gasteiger partial charge on any atom is -0.287 e. The molecule has 3 heteroatoms. The summed E-state index contributed by atoms with van der Waals surface area (Å²) in [6.45, 7) is 0. The zero-order chi connectivity index (χ0) is 4.28. The lowest BCUT2D eigenvalue weighted by molar-refractivity contribution is 1.59. The van der Waals surface area contributed by atoms with Crippen molar-refractivity contribution in [1.29, 1.82) is 5.41 Å². The molecule has 0 heterocycles. The second kappa shape index (κ2) is 2.72. The van der Waals surface area contributed by atoms with Crippen LogP contribution in [-0.2, 0) is 0 Å². The minimum atomic E-state index is 0.484. The first-order chi connectivity index (χ1) is 2.27. The van der Waals surface area contributed by atoms with E-state index in [1.54, 1.807) is 0 Å². The van der Waals surface area contributed by atoms with Crippen molar-refractivity contribution in [2.45, 2.75) is 0 Å². The molecule has 0 aromatic carbocycles. The fourth-order valence-corrected chi connectivity index (χ4v) is 0. The fraction of sp³-hybridized carbons (Fsp3) is 0.500. The number of rotatable bonds is 0. The number of hydrogen-bond acceptors (Lipinski definition) is 2. The number of thioether (sulfide) groups is 1. The Morgan fingerprint density at radius 1 is 2.00 bits per heavy atom. The molecule has 0 atom stereocenters. The van der Waals surface area contributed by atoms with E-state index in [0.717, 1.165) is 0 Å². The van der Waals surface area contributed by atoms with Crippen molar-refractivity contribution in [3.8, 4) is 0 Å². The minimum absolute atomic E-state index is 0.484. The maximum Gasteiger partial charge on any atom is 0.130 e. The summed E-state index contributed by atoms with van der Waals surface area (Å²) in [5.41, 5.74) is 0. The van der Waals surface area contributed by atoms with Gasteiger partial charge in [-0.15, -0.1) is 11.8 Å². The van der Waals surface area contributed by atoms with Crippen LogP contribution >= 0.6 is 27.7 Å². The van der Waals surface area contributed by atoms with E-state index in [1.165, 1.54) is 11.8 Å². The highest BCUT2D eigenvalue weighted by atomic mass is 79.9. The quantitative estimate of drug-likeness (QED) is 0.416. The van der Waals surface area contributed by atoms with Crippen LogP contribution in [-0.4, -0.2) is 10.2 Å². The molecule has 0 spiro atoms. The number of nitrogens with one attached hydrogen (secondary N) is 1. The third-order valence-electron chi connectivity index (χ3n) is 0.179. The van der Waals surface area contributed by atoms with Gasteiger partial charge in [0.2, 0.25) is 0 Å². The molecule has 0 aliphatic carbocycles. The smallest absolute Gasteiger partial charge is 0.130 e. The zero-order valence-corrected chi connectivity index (χ0v) is 5.19. The molecular weight excluding hydrogens is 150 g/mol. The summed E-state index contributed by atoms with van der Waals surface area (Å²) in [6.07, 6.45) is 1.84. The Hall–Kier alpha value is 0.500. The summed E-state index contributed by atoms with van der Waals surface area (Å²) in [7, 11) is 0. The van der Waals surface area contributed by atoms with E-state index in [-0.39, 0.29) is 0 Å². The monoisotopic (exact) mass is 153 g/mol. The van der Waals surface area contributed by atoms with Crippen LogP contribution in [0.1, 0.15) is 0 Å². The highest BCUT2D eigenvalue weighted by Gasteiger charge is 1.74. The van der Waals surface area contributed by atoms with Crippen molar-refractivity contribution in [1.82, 2.24) is 0 Å². The van der Waals surface area contributed by atoms with Gasteiger partial charge in [-0.3, -0.25) is 5.41 Å². The van der Waals surface area contributed by atoms with Crippen molar-refractivity contribution in [2.75, 3.05) is 6.26 Å². The predicted octanol–water partition coefficient (Wildman–Crippen LogP) is 1.68. The van der Waals surface area contributed by atoms with Gasteiger partial charge in [0, 0.05) is 0 Å². The van der Waals surface area contributed by atoms with E-state index in [9.17, 15) is 0 Å². The average molecular weight is 154 g/mol. The van der Waals surface area contributed by atoms with Gasteiger partial charge >= 0.3 is 0 Å². The molecule has 0 radical (unpaired) electrons. The first kappa shape index (κ1) is 5.50. The first-order valence-corrected chi connectivity index (χ1v) is 3.07. The zero-order valence-electron chi connectivity index (χ0n) is 2.79. The summed E-state index contributed by atoms with van der Waals surface area (Å²) >= 11 is 4.30. The van der Waals surface area contributed by atoms with Gasteiger partial charge in [-0.25, -0.2) is 0 Å². The van der Waals surface area contributed by atoms with E-state index in [0.29, 0.717) is 3.95 Å². The molecule has 30 valence electrons. The Morgan fingerprint density at radius 2 is 2.20 bits per heavy atom. The summed E-state index contributed by atoms with van der Waals surface area (Å²) in [4.78, 5) is 0. The van der Waals surface area contributed by atoms with Crippen molar-refractivity contribution in [3.05, 3.63) is 0 Å². The van der Waals surface area contributed by atoms with Crippen LogP contribution in [0.5, 0.6) is 0 Å². The molecular formula is C2H4BrNS. The molecule has 0 rings (SSSR count). The molecule has 0 aromatic heterocycles. The highest BCUT2D eigenvalue weighted by Crippen LogP contribution is 1.99. The summed E-state index contributed by atoms with van der Waals surface area (Å²) in [5.74, 6) is 0. The van der Waals surface area contributed by atoms with E-state index in [1.807, 2.05) is 6.26 Å². The summed E-state index contributed by atoms with van der Waals surface area (Å²) in [6, 6.07) is 0. The second-order valence-electron chi connectivity index (χ2n) is 0.478. The van der Waals surface area contributed by atoms with Gasteiger partial charge in [-0.2, -0.15) is 0 Å². The molecule has 0 aromatic rings. The molecule has 0 aliphatic rings. The Morgan fingerprint density at radius 3 is 2.20 bits per heavy atom. The van der Waals surface area contributed by atoms with Crippen LogP contribution in [0, 0.1) is 5.41 Å². The normalized spacial score (nSPS) is 7.60. The van der Waals surface area contributed by atoms with Gasteiger partial charge in [0.1, 0.15) is 3.95 Å². The van der Waals surface area contributed by atoms with E-state index < -0.39 is 0 Å². The molecule has 1 nitrogen and oxygen atoms in total. The lowest BCUT2D eigenvalue weighted by atomic mass is 11.7. The Bertz CT molecular complexity index is 44.9. The predicted molar refractivity (Wildman–Crippen MR) is 30.2 cm³/mol. The molecule has 0 saturated carbocycles. The van der Waals surface area contributed by atoms with Crippen molar-refractivity contribution < 1.29 is 0 Å². The lowest BCUT2D eigenvalue weighted by Gasteiger charge is -1.74. The fourth-order valence-electron chi connectivity index (χ4n) is 0. The van der Waals surface area contributed by atoms with Crippen molar-refractivity contribution >= 4 is 31.6 Å². The molecule has 0 amide bonds. The largest absolute Gasteiger partial charge is 0.287 e. The van der Waals surface area contributed by atoms with Gasteiger partial charge in [0.25, 0.3) is 0 Å². The van der Waals surface area contributed by atoms with Crippen LogP contribution in [0.2, 0.25) is 0 Å². The summed E-state index contributed by atoms with van der Waals surface area (Å²) in [5, 5.41) is 6.62. The maximum absolute atomic E-state index is 6.62. The van der Waals surface area contributed by atoms with Gasteiger partial charge in [0.05, 0.1) is 0 Å². The molecule has 0 fully saturated rings. The molecule has 0 bridgehead atoms. The molecule has 0 unspecified atom stereocenters. The summed E-state index contributed by atoms with van der Waals surface area (Å²) < 4.78 is 0.484. The molecule has 0 aliphatic heterocycles. The molecule has 5 heavy (non-hydrogen) atoms. The third kappa shape index (κ3) is 4.50. The van der Waals surface area contributed by atoms with Gasteiger partial charge in [0.15, 0.2) is 0 Å². The van der Waals surface area contributed by atoms with Crippen LogP contribution in [0.15, 0.2) is 0 Å². The van der Waals surface area contributed by atoms with Gasteiger partial charge in [-0.1, -0.05) is 0 Å². The van der Waals surface area contributed by atoms with Gasteiger partial charge < -0.3 is 0 Å². The standard InChI is InChI=1S/C2H4BrNS/c1-5-2(3)4/h4H,1H3. The maximum atomic E-state index is 6.62. The highest BCUT2D eigenvalue weighted by molar-refractivity contribution is 9.22. The lowest BCUT2D eigenvalue weighted by Crippen LogP contribution is -1.62. The topological polar surface area (TPSA) is 23.9 Å². The van der Waals surface area contributed by atoms with Crippen LogP contribution in [0.25, 0.3) is 0 Å². The first-order valence-electron chi connectivity index (χ1n) is 1.05. The van der Waals surface area contributed by atoms with Crippen molar-refractivity contribution in [2.24, 2.45) is 0 Å². The van der Waals surface area contributed by atoms with Gasteiger partial charge in [-0.05, 0) is 22.2 Å². The Balaban J connectivity index is 2.85. The Labute approximate surface area is 43.8 Å². The van der Waals surface area contributed by atoms with Crippen molar-refractivity contribution in [3.63, 3.8) is 0 Å². The van der Waals surface area contributed by atoms with E-state index >= 15 is 0 Å². The van der Waals surface area contributed by atoms with Crippen LogP contribution in [0.4, 0.5) is 0 Å².